The fourth-order valence-corrected chi connectivity index (χ4v) is 4.11. The van der Waals surface area contributed by atoms with Crippen molar-refractivity contribution in [2.24, 2.45) is 0 Å². The fraction of sp³-hybridized carbons (Fsp3) is 0.316. The number of benzene rings is 1. The van der Waals surface area contributed by atoms with E-state index in [2.05, 4.69) is 9.88 Å². The second-order valence-corrected chi connectivity index (χ2v) is 7.59. The minimum absolute atomic E-state index is 0.0279. The molecule has 1 amide bonds. The Kier molecular flexibility index (Phi) is 4.57. The van der Waals surface area contributed by atoms with Gasteiger partial charge in [0, 0.05) is 31.1 Å². The van der Waals surface area contributed by atoms with E-state index in [0.29, 0.717) is 23.3 Å². The normalized spacial score (nSPS) is 15.5. The Labute approximate surface area is 155 Å². The van der Waals surface area contributed by atoms with E-state index in [1.54, 1.807) is 0 Å². The molecular formula is C19H20N4O2S. The lowest BCUT2D eigenvalue weighted by atomic mass is 10.2. The standard InChI is InChI=1S/C19H20N4O2S/c1-21-7-9-22(10-8-21)17(24)12-23-13-20-18-15(19(23)25)11-16(26-18)14-5-3-2-4-6-14/h2-6,11,13H,7-10,12H2,1H3. The maximum atomic E-state index is 12.8. The highest BCUT2D eigenvalue weighted by atomic mass is 32.1. The molecule has 1 saturated heterocycles. The quantitative estimate of drug-likeness (QED) is 0.709. The maximum absolute atomic E-state index is 12.8. The molecule has 4 rings (SSSR count). The number of amides is 1. The van der Waals surface area contributed by atoms with Crippen molar-refractivity contribution in [2.75, 3.05) is 33.2 Å². The van der Waals surface area contributed by atoms with Crippen molar-refractivity contribution in [3.05, 3.63) is 53.1 Å². The van der Waals surface area contributed by atoms with Crippen LogP contribution in [0.25, 0.3) is 20.7 Å². The molecule has 0 aliphatic carbocycles. The minimum Gasteiger partial charge on any atom is -0.339 e. The number of hydrogen-bond acceptors (Lipinski definition) is 5. The van der Waals surface area contributed by atoms with Gasteiger partial charge in [-0.15, -0.1) is 11.3 Å². The third-order valence-corrected chi connectivity index (χ3v) is 5.83. The zero-order chi connectivity index (χ0) is 18.1. The van der Waals surface area contributed by atoms with Crippen molar-refractivity contribution >= 4 is 27.5 Å². The van der Waals surface area contributed by atoms with Gasteiger partial charge in [-0.3, -0.25) is 14.2 Å². The van der Waals surface area contributed by atoms with Gasteiger partial charge in [0.25, 0.3) is 5.56 Å². The molecular weight excluding hydrogens is 348 g/mol. The Bertz CT molecular complexity index is 988. The van der Waals surface area contributed by atoms with Crippen molar-refractivity contribution < 1.29 is 4.79 Å². The highest BCUT2D eigenvalue weighted by Crippen LogP contribution is 2.30. The Morgan fingerprint density at radius 3 is 2.62 bits per heavy atom. The molecule has 2 aromatic heterocycles. The number of thiophene rings is 1. The smallest absolute Gasteiger partial charge is 0.262 e. The number of fused-ring (bicyclic) bond motifs is 1. The summed E-state index contributed by atoms with van der Waals surface area (Å²) in [6, 6.07) is 11.8. The first-order valence-corrected chi connectivity index (χ1v) is 9.44. The summed E-state index contributed by atoms with van der Waals surface area (Å²) < 4.78 is 1.42. The molecule has 1 aliphatic heterocycles. The van der Waals surface area contributed by atoms with E-state index >= 15 is 0 Å². The van der Waals surface area contributed by atoms with Crippen LogP contribution >= 0.6 is 11.3 Å². The van der Waals surface area contributed by atoms with Gasteiger partial charge >= 0.3 is 0 Å². The van der Waals surface area contributed by atoms with Gasteiger partial charge in [-0.25, -0.2) is 4.98 Å². The molecule has 1 aliphatic rings. The van der Waals surface area contributed by atoms with Crippen LogP contribution in [0.5, 0.6) is 0 Å². The number of carbonyl (C=O) groups is 1. The molecule has 7 heteroatoms. The number of piperazine rings is 1. The van der Waals surface area contributed by atoms with Crippen molar-refractivity contribution in [3.8, 4) is 10.4 Å². The lowest BCUT2D eigenvalue weighted by Crippen LogP contribution is -2.48. The topological polar surface area (TPSA) is 58.4 Å². The average molecular weight is 368 g/mol. The van der Waals surface area contributed by atoms with Crippen LogP contribution < -0.4 is 5.56 Å². The summed E-state index contributed by atoms with van der Waals surface area (Å²) in [6.45, 7) is 3.18. The van der Waals surface area contributed by atoms with Crippen LogP contribution in [-0.2, 0) is 11.3 Å². The maximum Gasteiger partial charge on any atom is 0.262 e. The lowest BCUT2D eigenvalue weighted by Gasteiger charge is -2.32. The van der Waals surface area contributed by atoms with E-state index in [1.807, 2.05) is 48.3 Å². The van der Waals surface area contributed by atoms with Crippen LogP contribution in [-0.4, -0.2) is 58.5 Å². The van der Waals surface area contributed by atoms with Gasteiger partial charge in [0.15, 0.2) is 0 Å². The highest BCUT2D eigenvalue weighted by molar-refractivity contribution is 7.21. The predicted octanol–water partition coefficient (Wildman–Crippen LogP) is 1.90. The molecule has 6 nitrogen and oxygen atoms in total. The molecule has 134 valence electrons. The first-order chi connectivity index (χ1) is 12.6. The molecule has 26 heavy (non-hydrogen) atoms. The summed E-state index contributed by atoms with van der Waals surface area (Å²) in [4.78, 5) is 35.4. The largest absolute Gasteiger partial charge is 0.339 e. The number of likely N-dealkylation sites (N-methyl/N-ethyl adjacent to an activating group) is 1. The van der Waals surface area contributed by atoms with Gasteiger partial charge in [-0.05, 0) is 18.7 Å². The zero-order valence-corrected chi connectivity index (χ0v) is 15.4. The summed E-state index contributed by atoms with van der Waals surface area (Å²) in [5.74, 6) is -0.0279. The first-order valence-electron chi connectivity index (χ1n) is 8.62. The van der Waals surface area contributed by atoms with Gasteiger partial charge in [0.1, 0.15) is 11.4 Å². The molecule has 0 spiro atoms. The number of rotatable bonds is 3. The summed E-state index contributed by atoms with van der Waals surface area (Å²) in [6.07, 6.45) is 1.49. The molecule has 3 aromatic rings. The minimum atomic E-state index is -0.157. The van der Waals surface area contributed by atoms with Gasteiger partial charge < -0.3 is 9.80 Å². The van der Waals surface area contributed by atoms with Crippen LogP contribution in [0.1, 0.15) is 0 Å². The van der Waals surface area contributed by atoms with Crippen molar-refractivity contribution in [2.45, 2.75) is 6.54 Å². The molecule has 0 atom stereocenters. The van der Waals surface area contributed by atoms with Crippen LogP contribution in [0.3, 0.4) is 0 Å². The van der Waals surface area contributed by atoms with Crippen molar-refractivity contribution in [1.29, 1.82) is 0 Å². The number of aromatic nitrogens is 2. The summed E-state index contributed by atoms with van der Waals surface area (Å²) in [5.41, 5.74) is 0.908. The van der Waals surface area contributed by atoms with Gasteiger partial charge in [-0.1, -0.05) is 30.3 Å². The van der Waals surface area contributed by atoms with Crippen molar-refractivity contribution in [1.82, 2.24) is 19.4 Å². The third-order valence-electron chi connectivity index (χ3n) is 4.74. The van der Waals surface area contributed by atoms with Gasteiger partial charge in [-0.2, -0.15) is 0 Å². The van der Waals surface area contributed by atoms with Crippen molar-refractivity contribution in [3.63, 3.8) is 0 Å². The van der Waals surface area contributed by atoms with E-state index in [1.165, 1.54) is 22.2 Å². The lowest BCUT2D eigenvalue weighted by molar-refractivity contribution is -0.133. The van der Waals surface area contributed by atoms with Crippen LogP contribution in [0.4, 0.5) is 0 Å². The second kappa shape index (κ2) is 7.01. The highest BCUT2D eigenvalue weighted by Gasteiger charge is 2.20. The van der Waals surface area contributed by atoms with E-state index in [0.717, 1.165) is 23.5 Å². The second-order valence-electron chi connectivity index (χ2n) is 6.56. The van der Waals surface area contributed by atoms with E-state index in [-0.39, 0.29) is 18.0 Å². The van der Waals surface area contributed by atoms with E-state index < -0.39 is 0 Å². The van der Waals surface area contributed by atoms with E-state index in [9.17, 15) is 9.59 Å². The van der Waals surface area contributed by atoms with Gasteiger partial charge in [0.05, 0.1) is 11.7 Å². The van der Waals surface area contributed by atoms with E-state index in [4.69, 9.17) is 0 Å². The summed E-state index contributed by atoms with van der Waals surface area (Å²) in [7, 11) is 2.05. The number of nitrogens with zero attached hydrogens (tertiary/aromatic N) is 4. The molecule has 1 aromatic carbocycles. The monoisotopic (exact) mass is 368 g/mol. The molecule has 0 N–H and O–H groups in total. The Hall–Kier alpha value is -2.51. The average Bonchev–Trinajstić information content (AvgIpc) is 3.10. The van der Waals surface area contributed by atoms with Crippen LogP contribution in [0.2, 0.25) is 0 Å². The summed E-state index contributed by atoms with van der Waals surface area (Å²) >= 11 is 1.50. The zero-order valence-electron chi connectivity index (χ0n) is 14.6. The molecule has 0 radical (unpaired) electrons. The Morgan fingerprint density at radius 2 is 1.88 bits per heavy atom. The summed E-state index contributed by atoms with van der Waals surface area (Å²) in [5, 5.41) is 0.572. The number of carbonyl (C=O) groups excluding carboxylic acids is 1. The van der Waals surface area contributed by atoms with Crippen LogP contribution in [0, 0.1) is 0 Å². The number of hydrogen-bond donors (Lipinski definition) is 0. The predicted molar refractivity (Wildman–Crippen MR) is 103 cm³/mol. The fourth-order valence-electron chi connectivity index (χ4n) is 3.12. The SMILES string of the molecule is CN1CCN(C(=O)Cn2cnc3sc(-c4ccccc4)cc3c2=O)CC1. The third kappa shape index (κ3) is 3.27. The first kappa shape index (κ1) is 16.9. The Balaban J connectivity index is 1.60. The molecule has 1 fully saturated rings. The van der Waals surface area contributed by atoms with Gasteiger partial charge in [0.2, 0.25) is 5.91 Å². The molecule has 0 unspecified atom stereocenters. The molecule has 0 bridgehead atoms. The molecule has 3 heterocycles. The van der Waals surface area contributed by atoms with Crippen LogP contribution in [0.15, 0.2) is 47.5 Å². The Morgan fingerprint density at radius 1 is 1.15 bits per heavy atom. The molecule has 0 saturated carbocycles.